The van der Waals surface area contributed by atoms with Gasteiger partial charge in [0.1, 0.15) is 11.9 Å². The largest absolute Gasteiger partial charge is 0.488 e. The van der Waals surface area contributed by atoms with Crippen LogP contribution in [0.5, 0.6) is 5.75 Å². The molecule has 2 nitrogen and oxygen atoms in total. The molecule has 0 unspecified atom stereocenters. The lowest BCUT2D eigenvalue weighted by atomic mass is 10.1. The third-order valence-corrected chi connectivity index (χ3v) is 1.94. The Kier molecular flexibility index (Phi) is 3.77. The van der Waals surface area contributed by atoms with E-state index in [9.17, 15) is 0 Å². The zero-order valence-corrected chi connectivity index (χ0v) is 8.16. The molecule has 1 aromatic rings. The normalized spacial score (nSPS) is 12.5. The van der Waals surface area contributed by atoms with Gasteiger partial charge >= 0.3 is 0 Å². The van der Waals surface area contributed by atoms with Crippen LogP contribution in [0.1, 0.15) is 19.4 Å². The number of para-hydroxylation sites is 1. The van der Waals surface area contributed by atoms with Gasteiger partial charge in [-0.25, -0.2) is 0 Å². The van der Waals surface area contributed by atoms with E-state index in [0.29, 0.717) is 0 Å². The Morgan fingerprint density at radius 3 is 2.69 bits per heavy atom. The van der Waals surface area contributed by atoms with Crippen molar-refractivity contribution in [1.29, 1.82) is 0 Å². The summed E-state index contributed by atoms with van der Waals surface area (Å²) in [4.78, 5) is 0. The summed E-state index contributed by atoms with van der Waals surface area (Å²) in [5.41, 5.74) is 1.18. The van der Waals surface area contributed by atoms with Gasteiger partial charge in [-0.3, -0.25) is 0 Å². The van der Waals surface area contributed by atoms with Crippen LogP contribution in [0.2, 0.25) is 0 Å². The van der Waals surface area contributed by atoms with E-state index in [0.717, 1.165) is 12.2 Å². The van der Waals surface area contributed by atoms with Crippen molar-refractivity contribution in [2.45, 2.75) is 26.4 Å². The predicted octanol–water partition coefficient (Wildman–Crippen LogP) is 2.01. The second-order valence-electron chi connectivity index (χ2n) is 3.07. The van der Waals surface area contributed by atoms with Crippen LogP contribution in [-0.4, -0.2) is 17.8 Å². The maximum absolute atomic E-state index is 8.83. The molecule has 0 saturated heterocycles. The molecule has 2 heteroatoms. The lowest BCUT2D eigenvalue weighted by Gasteiger charge is -2.14. The summed E-state index contributed by atoms with van der Waals surface area (Å²) in [7, 11) is 0. The highest BCUT2D eigenvalue weighted by molar-refractivity contribution is 5.33. The molecule has 1 rings (SSSR count). The van der Waals surface area contributed by atoms with E-state index in [1.54, 1.807) is 0 Å². The predicted molar refractivity (Wildman–Crippen MR) is 53.0 cm³/mol. The van der Waals surface area contributed by atoms with Gasteiger partial charge in [0.05, 0.1) is 6.61 Å². The third-order valence-electron chi connectivity index (χ3n) is 1.94. The first kappa shape index (κ1) is 10.1. The van der Waals surface area contributed by atoms with Gasteiger partial charge in [-0.2, -0.15) is 0 Å². The number of hydrogen-bond donors (Lipinski definition) is 1. The number of rotatable bonds is 4. The molecule has 0 aliphatic carbocycles. The average molecular weight is 180 g/mol. The third kappa shape index (κ3) is 2.74. The molecule has 0 fully saturated rings. The summed E-state index contributed by atoms with van der Waals surface area (Å²) >= 11 is 0. The standard InChI is InChI=1S/C11H16O2/c1-3-10-6-4-5-7-11(10)13-9(2)8-12/h4-7,9,12H,3,8H2,1-2H3/t9-/m1/s1. The highest BCUT2D eigenvalue weighted by atomic mass is 16.5. The number of benzene rings is 1. The van der Waals surface area contributed by atoms with Crippen LogP contribution in [0.15, 0.2) is 24.3 Å². The summed E-state index contributed by atoms with van der Waals surface area (Å²) in [5, 5.41) is 8.83. The molecule has 1 atom stereocenters. The highest BCUT2D eigenvalue weighted by Gasteiger charge is 2.04. The molecule has 0 saturated carbocycles. The Balaban J connectivity index is 2.74. The molecule has 0 radical (unpaired) electrons. The molecule has 0 amide bonds. The zero-order chi connectivity index (χ0) is 9.68. The fraction of sp³-hybridized carbons (Fsp3) is 0.455. The summed E-state index contributed by atoms with van der Waals surface area (Å²) in [6.07, 6.45) is 0.821. The first-order valence-electron chi connectivity index (χ1n) is 4.63. The van der Waals surface area contributed by atoms with E-state index < -0.39 is 0 Å². The van der Waals surface area contributed by atoms with Crippen LogP contribution < -0.4 is 4.74 Å². The number of hydrogen-bond acceptors (Lipinski definition) is 2. The minimum absolute atomic E-state index is 0.0536. The SMILES string of the molecule is CCc1ccccc1O[C@H](C)CO. The smallest absolute Gasteiger partial charge is 0.123 e. The zero-order valence-electron chi connectivity index (χ0n) is 8.16. The minimum atomic E-state index is -0.132. The van der Waals surface area contributed by atoms with Crippen molar-refractivity contribution < 1.29 is 9.84 Å². The lowest BCUT2D eigenvalue weighted by Crippen LogP contribution is -2.16. The Morgan fingerprint density at radius 1 is 1.38 bits per heavy atom. The van der Waals surface area contributed by atoms with Crippen molar-refractivity contribution in [1.82, 2.24) is 0 Å². The molecular weight excluding hydrogens is 164 g/mol. The Morgan fingerprint density at radius 2 is 2.08 bits per heavy atom. The van der Waals surface area contributed by atoms with Crippen molar-refractivity contribution in [3.63, 3.8) is 0 Å². The van der Waals surface area contributed by atoms with Crippen molar-refractivity contribution >= 4 is 0 Å². The first-order chi connectivity index (χ1) is 6.27. The number of aliphatic hydroxyl groups excluding tert-OH is 1. The quantitative estimate of drug-likeness (QED) is 0.768. The summed E-state index contributed by atoms with van der Waals surface area (Å²) < 4.78 is 5.54. The van der Waals surface area contributed by atoms with E-state index in [-0.39, 0.29) is 12.7 Å². The second kappa shape index (κ2) is 4.87. The minimum Gasteiger partial charge on any atom is -0.488 e. The van der Waals surface area contributed by atoms with Crippen LogP contribution in [0, 0.1) is 0 Å². The Labute approximate surface area is 79.2 Å². The van der Waals surface area contributed by atoms with Gasteiger partial charge in [-0.1, -0.05) is 25.1 Å². The molecule has 1 N–H and O–H groups in total. The molecule has 0 aromatic heterocycles. The van der Waals surface area contributed by atoms with Gasteiger partial charge in [-0.15, -0.1) is 0 Å². The van der Waals surface area contributed by atoms with Gasteiger partial charge in [0.2, 0.25) is 0 Å². The van der Waals surface area contributed by atoms with E-state index in [4.69, 9.17) is 9.84 Å². The molecule has 72 valence electrons. The monoisotopic (exact) mass is 180 g/mol. The van der Waals surface area contributed by atoms with Crippen molar-refractivity contribution in [2.24, 2.45) is 0 Å². The van der Waals surface area contributed by atoms with E-state index in [1.165, 1.54) is 5.56 Å². The average Bonchev–Trinajstić information content (AvgIpc) is 2.18. The lowest BCUT2D eigenvalue weighted by molar-refractivity contribution is 0.129. The molecule has 0 heterocycles. The topological polar surface area (TPSA) is 29.5 Å². The fourth-order valence-corrected chi connectivity index (χ4v) is 1.16. The molecule has 1 aromatic carbocycles. The molecular formula is C11H16O2. The van der Waals surface area contributed by atoms with E-state index in [2.05, 4.69) is 6.92 Å². The maximum Gasteiger partial charge on any atom is 0.123 e. The number of aliphatic hydroxyl groups is 1. The van der Waals surface area contributed by atoms with Gasteiger partial charge < -0.3 is 9.84 Å². The Bertz CT molecular complexity index is 258. The second-order valence-corrected chi connectivity index (χ2v) is 3.07. The van der Waals surface area contributed by atoms with Crippen LogP contribution in [0.25, 0.3) is 0 Å². The highest BCUT2D eigenvalue weighted by Crippen LogP contribution is 2.19. The Hall–Kier alpha value is -1.02. The van der Waals surface area contributed by atoms with Crippen LogP contribution in [0.4, 0.5) is 0 Å². The first-order valence-corrected chi connectivity index (χ1v) is 4.63. The number of ether oxygens (including phenoxy) is 1. The van der Waals surface area contributed by atoms with Crippen LogP contribution >= 0.6 is 0 Å². The molecule has 0 spiro atoms. The summed E-state index contributed by atoms with van der Waals surface area (Å²) in [6.45, 7) is 4.00. The summed E-state index contributed by atoms with van der Waals surface area (Å²) in [5.74, 6) is 0.881. The van der Waals surface area contributed by atoms with E-state index in [1.807, 2.05) is 31.2 Å². The van der Waals surface area contributed by atoms with Gasteiger partial charge in [0.25, 0.3) is 0 Å². The molecule has 0 aliphatic rings. The van der Waals surface area contributed by atoms with Crippen molar-refractivity contribution in [3.8, 4) is 5.75 Å². The molecule has 0 aliphatic heterocycles. The molecule has 0 bridgehead atoms. The van der Waals surface area contributed by atoms with Gasteiger partial charge in [-0.05, 0) is 25.0 Å². The van der Waals surface area contributed by atoms with Crippen LogP contribution in [-0.2, 0) is 6.42 Å². The van der Waals surface area contributed by atoms with Crippen molar-refractivity contribution in [3.05, 3.63) is 29.8 Å². The van der Waals surface area contributed by atoms with Crippen molar-refractivity contribution in [2.75, 3.05) is 6.61 Å². The van der Waals surface area contributed by atoms with Gasteiger partial charge in [0, 0.05) is 0 Å². The maximum atomic E-state index is 8.83. The van der Waals surface area contributed by atoms with Gasteiger partial charge in [0.15, 0.2) is 0 Å². The number of aryl methyl sites for hydroxylation is 1. The van der Waals surface area contributed by atoms with Crippen LogP contribution in [0.3, 0.4) is 0 Å². The summed E-state index contributed by atoms with van der Waals surface area (Å²) in [6, 6.07) is 7.91. The molecule has 13 heavy (non-hydrogen) atoms. The van der Waals surface area contributed by atoms with E-state index >= 15 is 0 Å². The fourth-order valence-electron chi connectivity index (χ4n) is 1.16.